The summed E-state index contributed by atoms with van der Waals surface area (Å²) in [7, 11) is 0. The number of benzene rings is 9. The standard InChI is InChI=1S/C51H32N2/c1-52-40-31-38(30-39(32-40)36-18-14-20-41(33-36)53-48-27-11-9-21-42(48)43-22-10-12-28-49(43)53)35-17-13-19-37(29-35)51-46-25-7-5-23-44(46)50(34-15-3-2-4-16-34)45-24-6-8-26-47(45)51/h2-33H. The van der Waals surface area contributed by atoms with E-state index in [0.29, 0.717) is 5.69 Å². The zero-order valence-electron chi connectivity index (χ0n) is 28.9. The van der Waals surface area contributed by atoms with E-state index in [2.05, 4.69) is 191 Å². The third kappa shape index (κ3) is 5.10. The van der Waals surface area contributed by atoms with Crippen LogP contribution in [0.5, 0.6) is 0 Å². The summed E-state index contributed by atoms with van der Waals surface area (Å²) in [5.41, 5.74) is 13.1. The monoisotopic (exact) mass is 672 g/mol. The fraction of sp³-hybridized carbons (Fsp3) is 0. The van der Waals surface area contributed by atoms with Crippen molar-refractivity contribution in [2.24, 2.45) is 0 Å². The molecule has 0 aliphatic rings. The lowest BCUT2D eigenvalue weighted by Gasteiger charge is -2.18. The molecule has 9 aromatic carbocycles. The van der Waals surface area contributed by atoms with Crippen molar-refractivity contribution in [1.29, 1.82) is 0 Å². The zero-order chi connectivity index (χ0) is 35.3. The van der Waals surface area contributed by atoms with E-state index >= 15 is 0 Å². The van der Waals surface area contributed by atoms with E-state index in [4.69, 9.17) is 6.57 Å². The Balaban J connectivity index is 1.13. The molecule has 0 radical (unpaired) electrons. The number of para-hydroxylation sites is 2. The van der Waals surface area contributed by atoms with Crippen molar-refractivity contribution >= 4 is 49.0 Å². The molecule has 246 valence electrons. The molecule has 53 heavy (non-hydrogen) atoms. The second-order valence-electron chi connectivity index (χ2n) is 13.6. The van der Waals surface area contributed by atoms with E-state index in [1.54, 1.807) is 0 Å². The summed E-state index contributed by atoms with van der Waals surface area (Å²) in [6.45, 7) is 8.07. The van der Waals surface area contributed by atoms with Gasteiger partial charge >= 0.3 is 0 Å². The van der Waals surface area contributed by atoms with Crippen molar-refractivity contribution in [2.75, 3.05) is 0 Å². The molecule has 1 aromatic heterocycles. The number of hydrogen-bond donors (Lipinski definition) is 0. The second kappa shape index (κ2) is 12.5. The summed E-state index contributed by atoms with van der Waals surface area (Å²) in [6.07, 6.45) is 0. The Morgan fingerprint density at radius 2 is 0.736 bits per heavy atom. The fourth-order valence-corrected chi connectivity index (χ4v) is 8.24. The van der Waals surface area contributed by atoms with E-state index in [0.717, 1.165) is 33.5 Å². The van der Waals surface area contributed by atoms with E-state index < -0.39 is 0 Å². The smallest absolute Gasteiger partial charge is 0.188 e. The molecule has 0 unspecified atom stereocenters. The Hall–Kier alpha value is -7.21. The Labute approximate surface area is 308 Å². The first-order valence-electron chi connectivity index (χ1n) is 18.0. The summed E-state index contributed by atoms with van der Waals surface area (Å²) in [5, 5.41) is 7.39. The zero-order valence-corrected chi connectivity index (χ0v) is 28.9. The summed E-state index contributed by atoms with van der Waals surface area (Å²) < 4.78 is 2.34. The molecule has 0 aliphatic carbocycles. The maximum absolute atomic E-state index is 8.07. The Kier molecular flexibility index (Phi) is 7.23. The van der Waals surface area contributed by atoms with E-state index in [1.807, 2.05) is 12.1 Å². The SMILES string of the molecule is [C-]#[N+]c1cc(-c2cccc(-c3c4ccccc4c(-c4ccccc4)c4ccccc34)c2)cc(-c2cccc(-n3c4ccccc4c4ccccc43)c2)c1. The minimum absolute atomic E-state index is 0.619. The Morgan fingerprint density at radius 3 is 1.30 bits per heavy atom. The van der Waals surface area contributed by atoms with Gasteiger partial charge in [0.2, 0.25) is 0 Å². The van der Waals surface area contributed by atoms with Gasteiger partial charge in [-0.15, -0.1) is 0 Å². The molecule has 0 bridgehead atoms. The molecule has 10 rings (SSSR count). The molecule has 2 heteroatoms. The molecular weight excluding hydrogens is 641 g/mol. The van der Waals surface area contributed by atoms with Crippen LogP contribution >= 0.6 is 0 Å². The van der Waals surface area contributed by atoms with Gasteiger partial charge in [0.1, 0.15) is 0 Å². The predicted octanol–water partition coefficient (Wildman–Crippen LogP) is 14.3. The first-order chi connectivity index (χ1) is 26.2. The quantitative estimate of drug-likeness (QED) is 0.127. The molecule has 0 saturated heterocycles. The molecule has 0 saturated carbocycles. The summed E-state index contributed by atoms with van der Waals surface area (Å²) in [5.74, 6) is 0. The number of nitrogens with zero attached hydrogens (tertiary/aromatic N) is 2. The lowest BCUT2D eigenvalue weighted by molar-refractivity contribution is 1.18. The molecule has 2 nitrogen and oxygen atoms in total. The van der Waals surface area contributed by atoms with Crippen LogP contribution in [0, 0.1) is 6.57 Å². The van der Waals surface area contributed by atoms with Crippen molar-refractivity contribution in [3.8, 4) is 50.2 Å². The second-order valence-corrected chi connectivity index (χ2v) is 13.6. The number of fused-ring (bicyclic) bond motifs is 5. The van der Waals surface area contributed by atoms with Gasteiger partial charge in [0.15, 0.2) is 5.69 Å². The van der Waals surface area contributed by atoms with Crippen molar-refractivity contribution in [1.82, 2.24) is 4.57 Å². The maximum Gasteiger partial charge on any atom is 0.188 e. The highest BCUT2D eigenvalue weighted by Gasteiger charge is 2.17. The minimum atomic E-state index is 0.619. The van der Waals surface area contributed by atoms with Crippen LogP contribution in [0.4, 0.5) is 5.69 Å². The average molecular weight is 673 g/mol. The van der Waals surface area contributed by atoms with Crippen LogP contribution in [0.2, 0.25) is 0 Å². The summed E-state index contributed by atoms with van der Waals surface area (Å²) in [4.78, 5) is 3.94. The van der Waals surface area contributed by atoms with Crippen LogP contribution < -0.4 is 0 Å². The normalized spacial score (nSPS) is 11.4. The van der Waals surface area contributed by atoms with E-state index in [-0.39, 0.29) is 0 Å². The van der Waals surface area contributed by atoms with E-state index in [1.165, 1.54) is 60.0 Å². The minimum Gasteiger partial charge on any atom is -0.309 e. The highest BCUT2D eigenvalue weighted by molar-refractivity contribution is 6.21. The highest BCUT2D eigenvalue weighted by atomic mass is 15.0. The van der Waals surface area contributed by atoms with Gasteiger partial charge in [-0.05, 0) is 115 Å². The van der Waals surface area contributed by atoms with Crippen molar-refractivity contribution in [3.05, 3.63) is 206 Å². The van der Waals surface area contributed by atoms with Gasteiger partial charge in [0.25, 0.3) is 0 Å². The van der Waals surface area contributed by atoms with E-state index in [9.17, 15) is 0 Å². The molecule has 0 spiro atoms. The van der Waals surface area contributed by atoms with Gasteiger partial charge in [-0.25, -0.2) is 4.85 Å². The van der Waals surface area contributed by atoms with Crippen LogP contribution in [-0.4, -0.2) is 4.57 Å². The third-order valence-electron chi connectivity index (χ3n) is 10.5. The first-order valence-corrected chi connectivity index (χ1v) is 18.0. The molecule has 0 N–H and O–H groups in total. The van der Waals surface area contributed by atoms with Gasteiger partial charge in [0.05, 0.1) is 17.6 Å². The molecule has 0 atom stereocenters. The summed E-state index contributed by atoms with van der Waals surface area (Å²) >= 11 is 0. The van der Waals surface area contributed by atoms with Crippen LogP contribution in [0.3, 0.4) is 0 Å². The predicted molar refractivity (Wildman–Crippen MR) is 224 cm³/mol. The van der Waals surface area contributed by atoms with Crippen molar-refractivity contribution < 1.29 is 0 Å². The molecule has 0 fully saturated rings. The lowest BCUT2D eigenvalue weighted by Crippen LogP contribution is -1.94. The van der Waals surface area contributed by atoms with Crippen LogP contribution in [0.25, 0.3) is 98.4 Å². The fourth-order valence-electron chi connectivity index (χ4n) is 8.24. The lowest BCUT2D eigenvalue weighted by atomic mass is 9.85. The number of rotatable bonds is 5. The van der Waals surface area contributed by atoms with Gasteiger partial charge in [-0.1, -0.05) is 146 Å². The molecule has 10 aromatic rings. The number of aromatic nitrogens is 1. The molecule has 0 aliphatic heterocycles. The largest absolute Gasteiger partial charge is 0.309 e. The number of hydrogen-bond acceptors (Lipinski definition) is 0. The third-order valence-corrected chi connectivity index (χ3v) is 10.5. The van der Waals surface area contributed by atoms with Crippen molar-refractivity contribution in [2.45, 2.75) is 0 Å². The average Bonchev–Trinajstić information content (AvgIpc) is 3.57. The molecule has 0 amide bonds. The highest BCUT2D eigenvalue weighted by Crippen LogP contribution is 2.44. The van der Waals surface area contributed by atoms with Crippen LogP contribution in [-0.2, 0) is 0 Å². The van der Waals surface area contributed by atoms with Gasteiger partial charge in [-0.2, -0.15) is 0 Å². The van der Waals surface area contributed by atoms with Gasteiger partial charge < -0.3 is 4.57 Å². The molecular formula is C51H32N2. The van der Waals surface area contributed by atoms with Gasteiger partial charge in [0, 0.05) is 16.5 Å². The summed E-state index contributed by atoms with van der Waals surface area (Å²) in [6, 6.07) is 69.2. The Bertz CT molecular complexity index is 2960. The Morgan fingerprint density at radius 1 is 0.321 bits per heavy atom. The van der Waals surface area contributed by atoms with Crippen molar-refractivity contribution in [3.63, 3.8) is 0 Å². The van der Waals surface area contributed by atoms with Gasteiger partial charge in [-0.3, -0.25) is 0 Å². The first kappa shape index (κ1) is 30.6. The molecule has 1 heterocycles. The maximum atomic E-state index is 8.07. The topological polar surface area (TPSA) is 9.29 Å². The van der Waals surface area contributed by atoms with Crippen LogP contribution in [0.1, 0.15) is 0 Å². The van der Waals surface area contributed by atoms with Crippen LogP contribution in [0.15, 0.2) is 194 Å².